The van der Waals surface area contributed by atoms with Gasteiger partial charge < -0.3 is 10.6 Å². The summed E-state index contributed by atoms with van der Waals surface area (Å²) in [6.07, 6.45) is 4.27. The first-order chi connectivity index (χ1) is 9.69. The molecule has 1 aliphatic rings. The summed E-state index contributed by atoms with van der Waals surface area (Å²) in [5.74, 6) is 0.808. The third kappa shape index (κ3) is 6.58. The molecule has 1 saturated carbocycles. The van der Waals surface area contributed by atoms with Crippen molar-refractivity contribution in [1.82, 2.24) is 10.6 Å². The average Bonchev–Trinajstić information content (AvgIpc) is 3.25. The Labute approximate surface area is 141 Å². The van der Waals surface area contributed by atoms with E-state index in [-0.39, 0.29) is 29.8 Å². The van der Waals surface area contributed by atoms with Crippen LogP contribution in [0.25, 0.3) is 0 Å². The second-order valence-electron chi connectivity index (χ2n) is 5.14. The Bertz CT molecular complexity index is 476. The van der Waals surface area contributed by atoms with E-state index in [9.17, 15) is 8.78 Å². The Morgan fingerprint density at radius 1 is 1.24 bits per heavy atom. The lowest BCUT2D eigenvalue weighted by atomic mass is 10.1. The molecule has 0 heterocycles. The minimum Gasteiger partial charge on any atom is -0.356 e. The van der Waals surface area contributed by atoms with E-state index < -0.39 is 5.82 Å². The molecule has 0 aromatic heterocycles. The van der Waals surface area contributed by atoms with E-state index in [4.69, 9.17) is 0 Å². The molecule has 0 aliphatic heterocycles. The fourth-order valence-corrected chi connectivity index (χ4v) is 2.07. The molecule has 0 bridgehead atoms. The van der Waals surface area contributed by atoms with Crippen molar-refractivity contribution in [3.8, 4) is 0 Å². The maximum Gasteiger partial charge on any atom is 0.190 e. The summed E-state index contributed by atoms with van der Waals surface area (Å²) in [5.41, 5.74) is 0.380. The first kappa shape index (κ1) is 18.1. The van der Waals surface area contributed by atoms with Crippen molar-refractivity contribution in [3.05, 3.63) is 35.4 Å². The summed E-state index contributed by atoms with van der Waals surface area (Å²) in [6.45, 7) is 1.42. The van der Waals surface area contributed by atoms with E-state index in [1.165, 1.54) is 25.3 Å². The summed E-state index contributed by atoms with van der Waals surface area (Å²) < 4.78 is 26.5. The Balaban J connectivity index is 0.00000220. The zero-order chi connectivity index (χ0) is 14.4. The molecule has 2 rings (SSSR count). The second-order valence-corrected chi connectivity index (χ2v) is 5.14. The number of nitrogens with one attached hydrogen (secondary N) is 2. The monoisotopic (exact) mass is 409 g/mol. The molecule has 3 nitrogen and oxygen atoms in total. The molecule has 2 N–H and O–H groups in total. The molecule has 0 saturated heterocycles. The fourth-order valence-electron chi connectivity index (χ4n) is 2.07. The normalized spacial score (nSPS) is 14.5. The minimum absolute atomic E-state index is 0. The van der Waals surface area contributed by atoms with Gasteiger partial charge in [0.2, 0.25) is 0 Å². The highest BCUT2D eigenvalue weighted by atomic mass is 127. The number of nitrogens with zero attached hydrogens (tertiary/aromatic N) is 1. The van der Waals surface area contributed by atoms with E-state index in [2.05, 4.69) is 15.6 Å². The van der Waals surface area contributed by atoms with Gasteiger partial charge in [-0.05, 0) is 42.5 Å². The van der Waals surface area contributed by atoms with Crippen molar-refractivity contribution < 1.29 is 8.78 Å². The lowest BCUT2D eigenvalue weighted by molar-refractivity contribution is 0.582. The lowest BCUT2D eigenvalue weighted by Crippen LogP contribution is -2.38. The summed E-state index contributed by atoms with van der Waals surface area (Å²) in [4.78, 5) is 4.10. The molecule has 0 atom stereocenters. The number of halogens is 3. The van der Waals surface area contributed by atoms with Crippen molar-refractivity contribution in [1.29, 1.82) is 0 Å². The van der Waals surface area contributed by atoms with Gasteiger partial charge >= 0.3 is 0 Å². The third-order valence-electron chi connectivity index (χ3n) is 3.46. The van der Waals surface area contributed by atoms with Crippen molar-refractivity contribution >= 4 is 29.9 Å². The smallest absolute Gasteiger partial charge is 0.190 e. The standard InChI is InChI=1S/C15H21F2N3.HI/c1-18-15(19-8-6-11-2-3-11)20-9-7-12-10-13(16)4-5-14(12)17;/h4-5,10-11H,2-3,6-9H2,1H3,(H2,18,19,20);1H. The first-order valence-electron chi connectivity index (χ1n) is 7.07. The quantitative estimate of drug-likeness (QED) is 0.431. The van der Waals surface area contributed by atoms with E-state index in [1.807, 2.05) is 0 Å². The minimum atomic E-state index is -0.409. The molecule has 118 valence electrons. The summed E-state index contributed by atoms with van der Waals surface area (Å²) in [5, 5.41) is 6.33. The van der Waals surface area contributed by atoms with Crippen LogP contribution in [0.1, 0.15) is 24.8 Å². The molecule has 0 spiro atoms. The predicted molar refractivity (Wildman–Crippen MR) is 92.2 cm³/mol. The summed E-state index contributed by atoms with van der Waals surface area (Å²) >= 11 is 0. The SMILES string of the molecule is CN=C(NCCc1cc(F)ccc1F)NCCC1CC1.I. The molecule has 1 fully saturated rings. The molecular formula is C15H22F2IN3. The molecule has 0 radical (unpaired) electrons. The zero-order valence-corrected chi connectivity index (χ0v) is 14.5. The molecule has 21 heavy (non-hydrogen) atoms. The Kier molecular flexibility index (Phi) is 7.92. The molecule has 6 heteroatoms. The van der Waals surface area contributed by atoms with Crippen molar-refractivity contribution in [3.63, 3.8) is 0 Å². The second kappa shape index (κ2) is 9.17. The number of hydrogen-bond donors (Lipinski definition) is 2. The van der Waals surface area contributed by atoms with Crippen LogP contribution in [0.3, 0.4) is 0 Å². The summed E-state index contributed by atoms with van der Waals surface area (Å²) in [6, 6.07) is 3.53. The van der Waals surface area contributed by atoms with E-state index in [0.717, 1.165) is 24.6 Å². The van der Waals surface area contributed by atoms with E-state index in [0.29, 0.717) is 24.5 Å². The highest BCUT2D eigenvalue weighted by Gasteiger charge is 2.20. The van der Waals surface area contributed by atoms with Gasteiger partial charge in [0, 0.05) is 20.1 Å². The molecule has 1 aromatic rings. The number of aliphatic imine (C=N–C) groups is 1. The first-order valence-corrected chi connectivity index (χ1v) is 7.07. The van der Waals surface area contributed by atoms with Crippen molar-refractivity contribution in [2.75, 3.05) is 20.1 Å². The molecule has 1 aliphatic carbocycles. The van der Waals surface area contributed by atoms with Crippen LogP contribution >= 0.6 is 24.0 Å². The van der Waals surface area contributed by atoms with Gasteiger partial charge in [0.1, 0.15) is 11.6 Å². The van der Waals surface area contributed by atoms with Crippen LogP contribution in [0, 0.1) is 17.6 Å². The van der Waals surface area contributed by atoms with Crippen LogP contribution in [-0.2, 0) is 6.42 Å². The van der Waals surface area contributed by atoms with Crippen LogP contribution in [-0.4, -0.2) is 26.1 Å². The predicted octanol–water partition coefficient (Wildman–Crippen LogP) is 3.09. The van der Waals surface area contributed by atoms with Crippen molar-refractivity contribution in [2.24, 2.45) is 10.9 Å². The number of guanidine groups is 1. The highest BCUT2D eigenvalue weighted by molar-refractivity contribution is 14.0. The van der Waals surface area contributed by atoms with Gasteiger partial charge in [-0.25, -0.2) is 8.78 Å². The highest BCUT2D eigenvalue weighted by Crippen LogP contribution is 2.31. The van der Waals surface area contributed by atoms with Crippen LogP contribution in [0.5, 0.6) is 0 Å². The van der Waals surface area contributed by atoms with E-state index >= 15 is 0 Å². The number of benzene rings is 1. The van der Waals surface area contributed by atoms with Gasteiger partial charge in [0.25, 0.3) is 0 Å². The fraction of sp³-hybridized carbons (Fsp3) is 0.533. The van der Waals surface area contributed by atoms with Crippen LogP contribution in [0.15, 0.2) is 23.2 Å². The maximum absolute atomic E-state index is 13.4. The molecular weight excluding hydrogens is 387 g/mol. The van der Waals surface area contributed by atoms with Crippen LogP contribution in [0.2, 0.25) is 0 Å². The van der Waals surface area contributed by atoms with Gasteiger partial charge in [-0.1, -0.05) is 12.8 Å². The Morgan fingerprint density at radius 3 is 2.62 bits per heavy atom. The zero-order valence-electron chi connectivity index (χ0n) is 12.2. The average molecular weight is 409 g/mol. The van der Waals surface area contributed by atoms with Gasteiger partial charge in [0.05, 0.1) is 0 Å². The third-order valence-corrected chi connectivity index (χ3v) is 3.46. The number of rotatable bonds is 6. The Hall–Kier alpha value is -0.920. The van der Waals surface area contributed by atoms with Gasteiger partial charge in [0.15, 0.2) is 5.96 Å². The summed E-state index contributed by atoms with van der Waals surface area (Å²) in [7, 11) is 1.70. The van der Waals surface area contributed by atoms with Crippen LogP contribution < -0.4 is 10.6 Å². The number of hydrogen-bond acceptors (Lipinski definition) is 1. The largest absolute Gasteiger partial charge is 0.356 e. The topological polar surface area (TPSA) is 36.4 Å². The van der Waals surface area contributed by atoms with Gasteiger partial charge in [-0.3, -0.25) is 4.99 Å². The van der Waals surface area contributed by atoms with Gasteiger partial charge in [-0.15, -0.1) is 24.0 Å². The molecule has 0 unspecified atom stereocenters. The Morgan fingerprint density at radius 2 is 1.95 bits per heavy atom. The van der Waals surface area contributed by atoms with Crippen LogP contribution in [0.4, 0.5) is 8.78 Å². The van der Waals surface area contributed by atoms with Gasteiger partial charge in [-0.2, -0.15) is 0 Å². The molecule has 1 aromatic carbocycles. The molecule has 0 amide bonds. The van der Waals surface area contributed by atoms with Crippen molar-refractivity contribution in [2.45, 2.75) is 25.7 Å². The maximum atomic E-state index is 13.4. The lowest BCUT2D eigenvalue weighted by Gasteiger charge is -2.12. The van der Waals surface area contributed by atoms with E-state index in [1.54, 1.807) is 7.05 Å².